The van der Waals surface area contributed by atoms with Crippen molar-refractivity contribution in [1.29, 1.82) is 0 Å². The minimum atomic E-state index is -0.137. The molecular weight excluding hydrogens is 252 g/mol. The standard InChI is InChI=1S/C16H18N2O2/c1-10-3-5-12(15-6-4-11(2)20-15)9-14(10)18-13-7-8-17-16(13)19/h3-6,9,13,18H,7-8H2,1-2H3,(H,17,19). The van der Waals surface area contributed by atoms with Gasteiger partial charge in [-0.1, -0.05) is 12.1 Å². The highest BCUT2D eigenvalue weighted by Gasteiger charge is 2.24. The van der Waals surface area contributed by atoms with Crippen molar-refractivity contribution in [3.8, 4) is 11.3 Å². The summed E-state index contributed by atoms with van der Waals surface area (Å²) in [7, 11) is 0. The molecular formula is C16H18N2O2. The Morgan fingerprint density at radius 3 is 2.75 bits per heavy atom. The van der Waals surface area contributed by atoms with E-state index >= 15 is 0 Å². The number of hydrogen-bond acceptors (Lipinski definition) is 3. The summed E-state index contributed by atoms with van der Waals surface area (Å²) in [5.41, 5.74) is 3.12. The number of hydrogen-bond donors (Lipinski definition) is 2. The van der Waals surface area contributed by atoms with E-state index in [-0.39, 0.29) is 11.9 Å². The van der Waals surface area contributed by atoms with Crippen LogP contribution in [0.4, 0.5) is 5.69 Å². The van der Waals surface area contributed by atoms with Crippen molar-refractivity contribution < 1.29 is 9.21 Å². The first-order chi connectivity index (χ1) is 9.63. The lowest BCUT2D eigenvalue weighted by atomic mass is 10.1. The number of anilines is 1. The van der Waals surface area contributed by atoms with Gasteiger partial charge in [0.25, 0.3) is 0 Å². The Morgan fingerprint density at radius 1 is 1.25 bits per heavy atom. The molecule has 2 N–H and O–H groups in total. The van der Waals surface area contributed by atoms with E-state index < -0.39 is 0 Å². The highest BCUT2D eigenvalue weighted by atomic mass is 16.3. The molecule has 1 aliphatic heterocycles. The molecule has 2 aromatic rings. The van der Waals surface area contributed by atoms with Gasteiger partial charge in [0, 0.05) is 17.8 Å². The molecule has 4 heteroatoms. The summed E-state index contributed by atoms with van der Waals surface area (Å²) in [5, 5.41) is 6.16. The highest BCUT2D eigenvalue weighted by Crippen LogP contribution is 2.27. The van der Waals surface area contributed by atoms with E-state index in [9.17, 15) is 4.79 Å². The number of rotatable bonds is 3. The van der Waals surface area contributed by atoms with E-state index in [1.54, 1.807) is 0 Å². The number of carbonyl (C=O) groups excluding carboxylic acids is 1. The quantitative estimate of drug-likeness (QED) is 0.901. The van der Waals surface area contributed by atoms with Gasteiger partial charge >= 0.3 is 0 Å². The SMILES string of the molecule is Cc1ccc(-c2ccc(C)c(NC3CCNC3=O)c2)o1. The van der Waals surface area contributed by atoms with Gasteiger partial charge in [0.15, 0.2) is 0 Å². The van der Waals surface area contributed by atoms with E-state index in [2.05, 4.69) is 10.6 Å². The van der Waals surface area contributed by atoms with Crippen molar-refractivity contribution in [3.05, 3.63) is 41.7 Å². The third-order valence-electron chi connectivity index (χ3n) is 3.64. The summed E-state index contributed by atoms with van der Waals surface area (Å²) in [6, 6.07) is 9.90. The summed E-state index contributed by atoms with van der Waals surface area (Å²) in [4.78, 5) is 11.7. The predicted molar refractivity (Wildman–Crippen MR) is 78.7 cm³/mol. The smallest absolute Gasteiger partial charge is 0.242 e. The molecule has 2 heterocycles. The van der Waals surface area contributed by atoms with Gasteiger partial charge in [-0.15, -0.1) is 0 Å². The molecule has 4 nitrogen and oxygen atoms in total. The summed E-state index contributed by atoms with van der Waals surface area (Å²) in [6.45, 7) is 4.71. The fraction of sp³-hybridized carbons (Fsp3) is 0.312. The largest absolute Gasteiger partial charge is 0.461 e. The maximum atomic E-state index is 11.7. The van der Waals surface area contributed by atoms with Crippen molar-refractivity contribution in [3.63, 3.8) is 0 Å². The lowest BCUT2D eigenvalue weighted by Gasteiger charge is -2.14. The molecule has 0 radical (unpaired) electrons. The zero-order valence-electron chi connectivity index (χ0n) is 11.7. The second kappa shape index (κ2) is 5.04. The van der Waals surface area contributed by atoms with Crippen LogP contribution in [0.5, 0.6) is 0 Å². The van der Waals surface area contributed by atoms with Crippen LogP contribution in [0.25, 0.3) is 11.3 Å². The highest BCUT2D eigenvalue weighted by molar-refractivity contribution is 5.87. The van der Waals surface area contributed by atoms with E-state index in [1.807, 2.05) is 44.2 Å². The second-order valence-electron chi connectivity index (χ2n) is 5.22. The van der Waals surface area contributed by atoms with Crippen molar-refractivity contribution in [2.45, 2.75) is 26.3 Å². The van der Waals surface area contributed by atoms with Gasteiger partial charge in [0.2, 0.25) is 5.91 Å². The Bertz CT molecular complexity index is 646. The van der Waals surface area contributed by atoms with Crippen molar-refractivity contribution in [1.82, 2.24) is 5.32 Å². The number of aryl methyl sites for hydroxylation is 2. The summed E-state index contributed by atoms with van der Waals surface area (Å²) in [5.74, 6) is 1.82. The van der Waals surface area contributed by atoms with E-state index in [4.69, 9.17) is 4.42 Å². The summed E-state index contributed by atoms with van der Waals surface area (Å²) < 4.78 is 5.65. The fourth-order valence-corrected chi connectivity index (χ4v) is 2.44. The molecule has 20 heavy (non-hydrogen) atoms. The molecule has 104 valence electrons. The van der Waals surface area contributed by atoms with Crippen molar-refractivity contribution in [2.24, 2.45) is 0 Å². The van der Waals surface area contributed by atoms with Gasteiger partial charge in [-0.2, -0.15) is 0 Å². The number of nitrogens with one attached hydrogen (secondary N) is 2. The second-order valence-corrected chi connectivity index (χ2v) is 5.22. The topological polar surface area (TPSA) is 54.3 Å². The van der Waals surface area contributed by atoms with Crippen molar-refractivity contribution in [2.75, 3.05) is 11.9 Å². The fourth-order valence-electron chi connectivity index (χ4n) is 2.44. The molecule has 1 atom stereocenters. The number of carbonyl (C=O) groups is 1. The summed E-state index contributed by atoms with van der Waals surface area (Å²) in [6.07, 6.45) is 0.822. The molecule has 0 aliphatic carbocycles. The maximum absolute atomic E-state index is 11.7. The summed E-state index contributed by atoms with van der Waals surface area (Å²) >= 11 is 0. The van der Waals surface area contributed by atoms with Gasteiger partial charge < -0.3 is 15.1 Å². The molecule has 0 saturated carbocycles. The molecule has 1 amide bonds. The zero-order valence-corrected chi connectivity index (χ0v) is 11.7. The van der Waals surface area contributed by atoms with Crippen molar-refractivity contribution >= 4 is 11.6 Å². The first kappa shape index (κ1) is 12.8. The molecule has 3 rings (SSSR count). The molecule has 1 saturated heterocycles. The van der Waals surface area contributed by atoms with Crippen LogP contribution < -0.4 is 10.6 Å². The van der Waals surface area contributed by atoms with Gasteiger partial charge in [0.1, 0.15) is 17.6 Å². The first-order valence-electron chi connectivity index (χ1n) is 6.85. The Labute approximate surface area is 118 Å². The van der Waals surface area contributed by atoms with Gasteiger partial charge in [-0.05, 0) is 44.0 Å². The van der Waals surface area contributed by atoms with Crippen LogP contribution in [0, 0.1) is 13.8 Å². The molecule has 1 aliphatic rings. The van der Waals surface area contributed by atoms with Crippen LogP contribution in [0.1, 0.15) is 17.7 Å². The van der Waals surface area contributed by atoms with Crippen LogP contribution in [-0.2, 0) is 4.79 Å². The maximum Gasteiger partial charge on any atom is 0.242 e. The molecule has 1 aromatic heterocycles. The van der Waals surface area contributed by atoms with Gasteiger partial charge in [-0.3, -0.25) is 4.79 Å². The zero-order chi connectivity index (χ0) is 14.1. The van der Waals surface area contributed by atoms with Gasteiger partial charge in [-0.25, -0.2) is 0 Å². The molecule has 0 spiro atoms. The Hall–Kier alpha value is -2.23. The average molecular weight is 270 g/mol. The lowest BCUT2D eigenvalue weighted by Crippen LogP contribution is -2.29. The Morgan fingerprint density at radius 2 is 2.10 bits per heavy atom. The van der Waals surface area contributed by atoms with E-state index in [0.29, 0.717) is 0 Å². The normalized spacial score (nSPS) is 18.1. The lowest BCUT2D eigenvalue weighted by molar-refractivity contribution is -0.119. The number of amides is 1. The van der Waals surface area contributed by atoms with Crippen LogP contribution in [0.3, 0.4) is 0 Å². The Balaban J connectivity index is 1.88. The number of furan rings is 1. The molecule has 1 unspecified atom stereocenters. The monoisotopic (exact) mass is 270 g/mol. The first-order valence-corrected chi connectivity index (χ1v) is 6.85. The van der Waals surface area contributed by atoms with Crippen LogP contribution in [0.15, 0.2) is 34.7 Å². The van der Waals surface area contributed by atoms with Gasteiger partial charge in [0.05, 0.1) is 0 Å². The molecule has 0 bridgehead atoms. The molecule has 1 fully saturated rings. The predicted octanol–water partition coefficient (Wildman–Crippen LogP) is 2.86. The van der Waals surface area contributed by atoms with Crippen LogP contribution in [0.2, 0.25) is 0 Å². The van der Waals surface area contributed by atoms with E-state index in [1.165, 1.54) is 0 Å². The Kier molecular flexibility index (Phi) is 3.22. The third kappa shape index (κ3) is 2.41. The van der Waals surface area contributed by atoms with Crippen LogP contribution >= 0.6 is 0 Å². The molecule has 1 aromatic carbocycles. The van der Waals surface area contributed by atoms with Crippen LogP contribution in [-0.4, -0.2) is 18.5 Å². The number of benzene rings is 1. The minimum Gasteiger partial charge on any atom is -0.461 e. The minimum absolute atomic E-state index is 0.0728. The van der Waals surface area contributed by atoms with E-state index in [0.717, 1.165) is 41.3 Å². The third-order valence-corrected chi connectivity index (χ3v) is 3.64. The average Bonchev–Trinajstić information content (AvgIpc) is 3.02.